The predicted molar refractivity (Wildman–Crippen MR) is 79.9 cm³/mol. The molecule has 0 aliphatic heterocycles. The van der Waals surface area contributed by atoms with Crippen LogP contribution in [0.2, 0.25) is 5.02 Å². The number of amides is 1. The SMILES string of the molecule is CC(C)(C)OC(=O)NC(CCCO)c1ccc(Cl)cc1. The van der Waals surface area contributed by atoms with Crippen molar-refractivity contribution in [3.63, 3.8) is 0 Å². The standard InChI is InChI=1S/C15H22ClNO3/c1-15(2,3)20-14(19)17-13(5-4-10-18)11-6-8-12(16)9-7-11/h6-9,13,18H,4-5,10H2,1-3H3,(H,17,19). The normalized spacial score (nSPS) is 12.8. The van der Waals surface area contributed by atoms with Crippen LogP contribution in [0.15, 0.2) is 24.3 Å². The van der Waals surface area contributed by atoms with Crippen molar-refractivity contribution in [2.75, 3.05) is 6.61 Å². The minimum atomic E-state index is -0.536. The maximum atomic E-state index is 11.9. The van der Waals surface area contributed by atoms with Crippen LogP contribution in [0.25, 0.3) is 0 Å². The number of nitrogens with one attached hydrogen (secondary N) is 1. The van der Waals surface area contributed by atoms with Gasteiger partial charge in [0.2, 0.25) is 0 Å². The van der Waals surface area contributed by atoms with E-state index in [1.165, 1.54) is 0 Å². The Morgan fingerprint density at radius 2 is 1.95 bits per heavy atom. The average molecular weight is 300 g/mol. The Labute approximate surface area is 125 Å². The van der Waals surface area contributed by atoms with E-state index < -0.39 is 11.7 Å². The van der Waals surface area contributed by atoms with E-state index in [4.69, 9.17) is 21.4 Å². The van der Waals surface area contributed by atoms with Crippen LogP contribution in [0.4, 0.5) is 4.79 Å². The minimum absolute atomic E-state index is 0.0834. The molecule has 1 unspecified atom stereocenters. The highest BCUT2D eigenvalue weighted by atomic mass is 35.5. The summed E-state index contributed by atoms with van der Waals surface area (Å²) < 4.78 is 5.25. The topological polar surface area (TPSA) is 58.6 Å². The molecule has 1 amide bonds. The number of alkyl carbamates (subject to hydrolysis) is 1. The van der Waals surface area contributed by atoms with Crippen LogP contribution in [0.1, 0.15) is 45.2 Å². The number of rotatable bonds is 5. The van der Waals surface area contributed by atoms with E-state index in [1.54, 1.807) is 12.1 Å². The van der Waals surface area contributed by atoms with Crippen molar-refractivity contribution < 1.29 is 14.6 Å². The number of benzene rings is 1. The Balaban J connectivity index is 2.74. The monoisotopic (exact) mass is 299 g/mol. The molecule has 0 saturated carbocycles. The fraction of sp³-hybridized carbons (Fsp3) is 0.533. The van der Waals surface area contributed by atoms with E-state index in [-0.39, 0.29) is 12.6 Å². The van der Waals surface area contributed by atoms with E-state index in [2.05, 4.69) is 5.32 Å². The Morgan fingerprint density at radius 3 is 2.45 bits per heavy atom. The number of hydrogen-bond acceptors (Lipinski definition) is 3. The first-order valence-electron chi connectivity index (χ1n) is 6.67. The van der Waals surface area contributed by atoms with Crippen molar-refractivity contribution in [1.82, 2.24) is 5.32 Å². The lowest BCUT2D eigenvalue weighted by molar-refractivity contribution is 0.0498. The molecule has 1 rings (SSSR count). The van der Waals surface area contributed by atoms with Gasteiger partial charge in [-0.3, -0.25) is 0 Å². The zero-order chi connectivity index (χ0) is 15.2. The highest BCUT2D eigenvalue weighted by Gasteiger charge is 2.20. The third-order valence-corrected chi connectivity index (χ3v) is 2.87. The van der Waals surface area contributed by atoms with Crippen molar-refractivity contribution in [3.05, 3.63) is 34.9 Å². The Bertz CT molecular complexity index is 426. The van der Waals surface area contributed by atoms with Gasteiger partial charge in [0.05, 0.1) is 6.04 Å². The molecule has 1 aromatic carbocycles. The van der Waals surface area contributed by atoms with Crippen molar-refractivity contribution in [3.8, 4) is 0 Å². The van der Waals surface area contributed by atoms with Crippen LogP contribution in [-0.2, 0) is 4.74 Å². The van der Waals surface area contributed by atoms with Crippen molar-refractivity contribution in [1.29, 1.82) is 0 Å². The minimum Gasteiger partial charge on any atom is -0.444 e. The average Bonchev–Trinajstić information content (AvgIpc) is 2.33. The van der Waals surface area contributed by atoms with Crippen molar-refractivity contribution >= 4 is 17.7 Å². The molecular weight excluding hydrogens is 278 g/mol. The molecule has 0 aromatic heterocycles. The largest absolute Gasteiger partial charge is 0.444 e. The molecule has 2 N–H and O–H groups in total. The van der Waals surface area contributed by atoms with Crippen LogP contribution in [0, 0.1) is 0 Å². The Kier molecular flexibility index (Phi) is 6.30. The number of hydrogen-bond donors (Lipinski definition) is 2. The van der Waals surface area contributed by atoms with Gasteiger partial charge in [0.15, 0.2) is 0 Å². The van der Waals surface area contributed by atoms with Crippen LogP contribution >= 0.6 is 11.6 Å². The second-order valence-electron chi connectivity index (χ2n) is 5.62. The number of carbonyl (C=O) groups is 1. The van der Waals surface area contributed by atoms with Gasteiger partial charge >= 0.3 is 6.09 Å². The number of carbonyl (C=O) groups excluding carboxylic acids is 1. The molecule has 0 saturated heterocycles. The quantitative estimate of drug-likeness (QED) is 0.872. The molecule has 112 valence electrons. The van der Waals surface area contributed by atoms with Gasteiger partial charge in [0.25, 0.3) is 0 Å². The molecular formula is C15H22ClNO3. The van der Waals surface area contributed by atoms with Crippen molar-refractivity contribution in [2.24, 2.45) is 0 Å². The van der Waals surface area contributed by atoms with Gasteiger partial charge in [0, 0.05) is 11.6 Å². The van der Waals surface area contributed by atoms with Crippen molar-refractivity contribution in [2.45, 2.75) is 45.3 Å². The first-order valence-corrected chi connectivity index (χ1v) is 7.05. The second kappa shape index (κ2) is 7.50. The number of ether oxygens (including phenoxy) is 1. The zero-order valence-corrected chi connectivity index (χ0v) is 12.9. The second-order valence-corrected chi connectivity index (χ2v) is 6.05. The summed E-state index contributed by atoms with van der Waals surface area (Å²) in [5.41, 5.74) is 0.403. The fourth-order valence-electron chi connectivity index (χ4n) is 1.76. The van der Waals surface area contributed by atoms with Gasteiger partial charge in [-0.1, -0.05) is 23.7 Å². The molecule has 0 aliphatic rings. The molecule has 20 heavy (non-hydrogen) atoms. The summed E-state index contributed by atoms with van der Waals surface area (Å²) in [6, 6.07) is 7.08. The maximum absolute atomic E-state index is 11.9. The van der Waals surface area contributed by atoms with Crippen LogP contribution in [-0.4, -0.2) is 23.4 Å². The summed E-state index contributed by atoms with van der Waals surface area (Å²) in [4.78, 5) is 11.9. The third kappa shape index (κ3) is 6.26. The highest BCUT2D eigenvalue weighted by Crippen LogP contribution is 2.21. The molecule has 0 bridgehead atoms. The van der Waals surface area contributed by atoms with Gasteiger partial charge in [-0.15, -0.1) is 0 Å². The van der Waals surface area contributed by atoms with Crippen LogP contribution < -0.4 is 5.32 Å². The lowest BCUT2D eigenvalue weighted by Gasteiger charge is -2.24. The zero-order valence-electron chi connectivity index (χ0n) is 12.1. The third-order valence-electron chi connectivity index (χ3n) is 2.61. The molecule has 0 fully saturated rings. The van der Waals surface area contributed by atoms with Crippen LogP contribution in [0.3, 0.4) is 0 Å². The lowest BCUT2D eigenvalue weighted by atomic mass is 10.0. The first kappa shape index (κ1) is 16.8. The maximum Gasteiger partial charge on any atom is 0.408 e. The lowest BCUT2D eigenvalue weighted by Crippen LogP contribution is -2.35. The number of aliphatic hydroxyl groups excluding tert-OH is 1. The summed E-state index contributed by atoms with van der Waals surface area (Å²) >= 11 is 5.86. The number of halogens is 1. The first-order chi connectivity index (χ1) is 9.31. The highest BCUT2D eigenvalue weighted by molar-refractivity contribution is 6.30. The summed E-state index contributed by atoms with van der Waals surface area (Å²) in [7, 11) is 0. The van der Waals surface area contributed by atoms with Crippen LogP contribution in [0.5, 0.6) is 0 Å². The molecule has 5 heteroatoms. The molecule has 1 atom stereocenters. The Hall–Kier alpha value is -1.26. The fourth-order valence-corrected chi connectivity index (χ4v) is 1.89. The Morgan fingerprint density at radius 1 is 1.35 bits per heavy atom. The predicted octanol–water partition coefficient (Wildman–Crippen LogP) is 3.68. The molecule has 4 nitrogen and oxygen atoms in total. The molecule has 0 aliphatic carbocycles. The van der Waals surface area contributed by atoms with E-state index in [1.807, 2.05) is 32.9 Å². The molecule has 1 aromatic rings. The molecule has 0 radical (unpaired) electrons. The summed E-state index contributed by atoms with van der Waals surface area (Å²) in [5.74, 6) is 0. The van der Waals surface area contributed by atoms with E-state index in [0.29, 0.717) is 17.9 Å². The van der Waals surface area contributed by atoms with Gasteiger partial charge in [-0.25, -0.2) is 4.79 Å². The molecule has 0 heterocycles. The van der Waals surface area contributed by atoms with Gasteiger partial charge in [-0.2, -0.15) is 0 Å². The van der Waals surface area contributed by atoms with E-state index in [9.17, 15) is 4.79 Å². The smallest absolute Gasteiger partial charge is 0.408 e. The van der Waals surface area contributed by atoms with Gasteiger partial charge in [0.1, 0.15) is 5.60 Å². The summed E-state index contributed by atoms with van der Waals surface area (Å²) in [6.07, 6.45) is 0.774. The van der Waals surface area contributed by atoms with E-state index in [0.717, 1.165) is 5.56 Å². The summed E-state index contributed by atoms with van der Waals surface area (Å²) in [5, 5.41) is 12.4. The number of aliphatic hydroxyl groups is 1. The summed E-state index contributed by atoms with van der Waals surface area (Å²) in [6.45, 7) is 5.53. The van der Waals surface area contributed by atoms with Gasteiger partial charge in [-0.05, 0) is 51.3 Å². The van der Waals surface area contributed by atoms with E-state index >= 15 is 0 Å². The molecule has 0 spiro atoms. The van der Waals surface area contributed by atoms with Gasteiger partial charge < -0.3 is 15.2 Å².